The Morgan fingerprint density at radius 1 is 1.17 bits per heavy atom. The predicted octanol–water partition coefficient (Wildman–Crippen LogP) is 3.63. The molecular weight excluding hydrogens is 313 g/mol. The lowest BCUT2D eigenvalue weighted by atomic mass is 10.1. The van der Waals surface area contributed by atoms with Gasteiger partial charge in [-0.3, -0.25) is 10.0 Å². The molecule has 3 aromatic rings. The highest BCUT2D eigenvalue weighted by Crippen LogP contribution is 2.32. The molecule has 0 fully saturated rings. The highest BCUT2D eigenvalue weighted by molar-refractivity contribution is 5.96. The van der Waals surface area contributed by atoms with Crippen LogP contribution < -0.4 is 5.48 Å². The molecule has 0 aliphatic carbocycles. The third-order valence-corrected chi connectivity index (χ3v) is 3.19. The number of alkyl halides is 3. The highest BCUT2D eigenvalue weighted by atomic mass is 19.4. The first-order valence-electron chi connectivity index (χ1n) is 6.41. The van der Waals surface area contributed by atoms with Crippen LogP contribution in [-0.2, 0) is 6.18 Å². The van der Waals surface area contributed by atoms with Gasteiger partial charge in [-0.25, -0.2) is 10.5 Å². The molecule has 0 radical (unpaired) electrons. The van der Waals surface area contributed by atoms with Crippen molar-refractivity contribution >= 4 is 17.0 Å². The predicted molar refractivity (Wildman–Crippen MR) is 73.7 cm³/mol. The zero-order valence-electron chi connectivity index (χ0n) is 11.4. The number of carbonyl (C=O) groups is 1. The highest BCUT2D eigenvalue weighted by Gasteiger charge is 2.30. The normalized spacial score (nSPS) is 11.7. The number of fused-ring (bicyclic) bond motifs is 1. The Balaban J connectivity index is 2.05. The van der Waals surface area contributed by atoms with Crippen LogP contribution in [0.2, 0.25) is 0 Å². The first-order valence-corrected chi connectivity index (χ1v) is 6.41. The lowest BCUT2D eigenvalue weighted by molar-refractivity contribution is -0.137. The topological polar surface area (TPSA) is 75.4 Å². The van der Waals surface area contributed by atoms with Gasteiger partial charge in [0.05, 0.1) is 5.56 Å². The van der Waals surface area contributed by atoms with Crippen molar-refractivity contribution in [1.82, 2.24) is 10.5 Å². The van der Waals surface area contributed by atoms with E-state index in [0.717, 1.165) is 12.1 Å². The summed E-state index contributed by atoms with van der Waals surface area (Å²) < 4.78 is 43.7. The van der Waals surface area contributed by atoms with Crippen LogP contribution in [0.3, 0.4) is 0 Å². The number of hydrogen-bond acceptors (Lipinski definition) is 4. The van der Waals surface area contributed by atoms with E-state index >= 15 is 0 Å². The summed E-state index contributed by atoms with van der Waals surface area (Å²) in [7, 11) is 0. The molecule has 0 saturated heterocycles. The molecule has 1 aromatic heterocycles. The summed E-state index contributed by atoms with van der Waals surface area (Å²) in [6.07, 6.45) is -4.46. The maximum Gasteiger partial charge on any atom is 0.416 e. The molecule has 0 bridgehead atoms. The fraction of sp³-hybridized carbons (Fsp3) is 0.0667. The molecule has 0 aliphatic heterocycles. The Hall–Kier alpha value is -2.87. The van der Waals surface area contributed by atoms with Crippen LogP contribution in [0.15, 0.2) is 46.9 Å². The van der Waals surface area contributed by atoms with Crippen LogP contribution >= 0.6 is 0 Å². The summed E-state index contributed by atoms with van der Waals surface area (Å²) in [4.78, 5) is 15.4. The SMILES string of the molecule is O=C(NO)c1ccc2oc(-c3cccc(C(F)(F)F)c3)nc2c1. The number of aromatic nitrogens is 1. The van der Waals surface area contributed by atoms with Gasteiger partial charge in [-0.2, -0.15) is 13.2 Å². The van der Waals surface area contributed by atoms with Crippen molar-refractivity contribution in [3.63, 3.8) is 0 Å². The van der Waals surface area contributed by atoms with Crippen LogP contribution in [-0.4, -0.2) is 16.1 Å². The molecule has 118 valence electrons. The van der Waals surface area contributed by atoms with Crippen molar-refractivity contribution in [2.24, 2.45) is 0 Å². The minimum Gasteiger partial charge on any atom is -0.436 e. The van der Waals surface area contributed by atoms with E-state index in [1.165, 1.54) is 35.8 Å². The Morgan fingerprint density at radius 2 is 1.96 bits per heavy atom. The van der Waals surface area contributed by atoms with Crippen molar-refractivity contribution in [3.8, 4) is 11.5 Å². The van der Waals surface area contributed by atoms with Gasteiger partial charge in [0, 0.05) is 11.1 Å². The number of benzene rings is 2. The van der Waals surface area contributed by atoms with Gasteiger partial charge in [0.2, 0.25) is 5.89 Å². The summed E-state index contributed by atoms with van der Waals surface area (Å²) in [5, 5.41) is 8.60. The smallest absolute Gasteiger partial charge is 0.416 e. The maximum atomic E-state index is 12.7. The lowest BCUT2D eigenvalue weighted by Crippen LogP contribution is -2.18. The number of amides is 1. The number of hydrogen-bond donors (Lipinski definition) is 2. The van der Waals surface area contributed by atoms with E-state index in [-0.39, 0.29) is 17.0 Å². The second-order valence-electron chi connectivity index (χ2n) is 4.72. The van der Waals surface area contributed by atoms with E-state index < -0.39 is 17.6 Å². The Kier molecular flexibility index (Phi) is 3.53. The molecule has 0 atom stereocenters. The molecule has 0 unspecified atom stereocenters. The van der Waals surface area contributed by atoms with E-state index in [9.17, 15) is 18.0 Å². The second kappa shape index (κ2) is 5.40. The van der Waals surface area contributed by atoms with Crippen LogP contribution in [0, 0.1) is 0 Å². The van der Waals surface area contributed by atoms with Gasteiger partial charge in [0.15, 0.2) is 5.58 Å². The molecule has 0 spiro atoms. The van der Waals surface area contributed by atoms with Crippen LogP contribution in [0.1, 0.15) is 15.9 Å². The third-order valence-electron chi connectivity index (χ3n) is 3.19. The number of hydroxylamine groups is 1. The van der Waals surface area contributed by atoms with Crippen molar-refractivity contribution < 1.29 is 27.6 Å². The van der Waals surface area contributed by atoms with Crippen molar-refractivity contribution in [2.45, 2.75) is 6.18 Å². The van der Waals surface area contributed by atoms with Gasteiger partial charge in [-0.1, -0.05) is 6.07 Å². The minimum atomic E-state index is -4.46. The fourth-order valence-corrected chi connectivity index (χ4v) is 2.09. The molecule has 1 heterocycles. The number of halogens is 3. The summed E-state index contributed by atoms with van der Waals surface area (Å²) >= 11 is 0. The van der Waals surface area contributed by atoms with Crippen molar-refractivity contribution in [1.29, 1.82) is 0 Å². The second-order valence-corrected chi connectivity index (χ2v) is 4.72. The van der Waals surface area contributed by atoms with Gasteiger partial charge in [-0.15, -0.1) is 0 Å². The maximum absolute atomic E-state index is 12.7. The number of carbonyl (C=O) groups excluding carboxylic acids is 1. The Labute approximate surface area is 127 Å². The van der Waals surface area contributed by atoms with Crippen LogP contribution in [0.4, 0.5) is 13.2 Å². The molecule has 23 heavy (non-hydrogen) atoms. The zero-order chi connectivity index (χ0) is 16.6. The van der Waals surface area contributed by atoms with E-state index in [1.807, 2.05) is 0 Å². The van der Waals surface area contributed by atoms with Gasteiger partial charge < -0.3 is 4.42 Å². The summed E-state index contributed by atoms with van der Waals surface area (Å²) in [5.74, 6) is -0.719. The summed E-state index contributed by atoms with van der Waals surface area (Å²) in [6, 6.07) is 8.81. The molecule has 2 N–H and O–H groups in total. The molecule has 0 saturated carbocycles. The summed E-state index contributed by atoms with van der Waals surface area (Å²) in [5.41, 5.74) is 1.59. The summed E-state index contributed by atoms with van der Waals surface area (Å²) in [6.45, 7) is 0. The van der Waals surface area contributed by atoms with Gasteiger partial charge in [0.1, 0.15) is 5.52 Å². The number of nitrogens with zero attached hydrogens (tertiary/aromatic N) is 1. The van der Waals surface area contributed by atoms with E-state index in [2.05, 4.69) is 4.98 Å². The zero-order valence-corrected chi connectivity index (χ0v) is 11.4. The first kappa shape index (κ1) is 15.0. The number of oxazole rings is 1. The standard InChI is InChI=1S/C15H9F3N2O3/c16-15(17,18)10-3-1-2-9(6-10)14-19-11-7-8(13(21)20-22)4-5-12(11)23-14/h1-7,22H,(H,20,21). The third kappa shape index (κ3) is 2.88. The van der Waals surface area contributed by atoms with Crippen LogP contribution in [0.5, 0.6) is 0 Å². The first-order chi connectivity index (χ1) is 10.9. The molecule has 5 nitrogen and oxygen atoms in total. The van der Waals surface area contributed by atoms with E-state index in [1.54, 1.807) is 0 Å². The quantitative estimate of drug-likeness (QED) is 0.558. The molecule has 8 heteroatoms. The average Bonchev–Trinajstić information content (AvgIpc) is 2.96. The largest absolute Gasteiger partial charge is 0.436 e. The van der Waals surface area contributed by atoms with Gasteiger partial charge >= 0.3 is 6.18 Å². The number of rotatable bonds is 2. The fourth-order valence-electron chi connectivity index (χ4n) is 2.09. The van der Waals surface area contributed by atoms with Crippen molar-refractivity contribution in [2.75, 3.05) is 0 Å². The Morgan fingerprint density at radius 3 is 2.65 bits per heavy atom. The van der Waals surface area contributed by atoms with E-state index in [0.29, 0.717) is 11.1 Å². The lowest BCUT2D eigenvalue weighted by Gasteiger charge is -2.06. The molecule has 2 aromatic carbocycles. The minimum absolute atomic E-state index is 0.00709. The number of nitrogens with one attached hydrogen (secondary N) is 1. The van der Waals surface area contributed by atoms with Crippen molar-refractivity contribution in [3.05, 3.63) is 53.6 Å². The van der Waals surface area contributed by atoms with Gasteiger partial charge in [-0.05, 0) is 36.4 Å². The Bertz CT molecular complexity index is 887. The van der Waals surface area contributed by atoms with E-state index in [4.69, 9.17) is 9.62 Å². The molecular formula is C15H9F3N2O3. The average molecular weight is 322 g/mol. The monoisotopic (exact) mass is 322 g/mol. The van der Waals surface area contributed by atoms with Gasteiger partial charge in [0.25, 0.3) is 5.91 Å². The van der Waals surface area contributed by atoms with Crippen LogP contribution in [0.25, 0.3) is 22.6 Å². The molecule has 3 rings (SSSR count). The molecule has 1 amide bonds. The molecule has 0 aliphatic rings.